The molecule has 0 atom stereocenters. The van der Waals surface area contributed by atoms with Gasteiger partial charge < -0.3 is 9.84 Å². The number of hydrogen-bond donors (Lipinski definition) is 2. The van der Waals surface area contributed by atoms with E-state index in [1.807, 2.05) is 20.8 Å². The van der Waals surface area contributed by atoms with E-state index in [-0.39, 0.29) is 5.56 Å². The van der Waals surface area contributed by atoms with Crippen molar-refractivity contribution in [3.8, 4) is 0 Å². The summed E-state index contributed by atoms with van der Waals surface area (Å²) in [6.45, 7) is 5.43. The molecule has 25 heavy (non-hydrogen) atoms. The zero-order chi connectivity index (χ0) is 19.0. The molecule has 0 unspecified atom stereocenters. The number of aromatic nitrogens is 2. The molecule has 2 aromatic rings. The quantitative estimate of drug-likeness (QED) is 0.610. The lowest BCUT2D eigenvalue weighted by atomic mass is 10.2. The largest absolute Gasteiger partial charge is 0.478 e. The van der Waals surface area contributed by atoms with Gasteiger partial charge in [-0.3, -0.25) is 5.32 Å². The van der Waals surface area contributed by atoms with Crippen molar-refractivity contribution in [3.63, 3.8) is 0 Å². The van der Waals surface area contributed by atoms with Crippen molar-refractivity contribution < 1.29 is 19.4 Å². The first-order chi connectivity index (χ1) is 11.6. The molecular formula is C16H17Br2N3O4. The van der Waals surface area contributed by atoms with E-state index in [2.05, 4.69) is 47.1 Å². The minimum Gasteiger partial charge on any atom is -0.478 e. The van der Waals surface area contributed by atoms with Gasteiger partial charge in [-0.25, -0.2) is 19.6 Å². The molecule has 2 rings (SSSR count). The Hall–Kier alpha value is -2.00. The number of carboxylic acids is 1. The van der Waals surface area contributed by atoms with Crippen molar-refractivity contribution in [1.29, 1.82) is 0 Å². The molecule has 0 aliphatic rings. The van der Waals surface area contributed by atoms with Crippen molar-refractivity contribution in [2.75, 3.05) is 5.32 Å². The number of nitrogens with one attached hydrogen (secondary N) is 1. The van der Waals surface area contributed by atoms with Gasteiger partial charge in [0.15, 0.2) is 0 Å². The Morgan fingerprint density at radius 1 is 1.08 bits per heavy atom. The van der Waals surface area contributed by atoms with Crippen LogP contribution >= 0.6 is 31.9 Å². The van der Waals surface area contributed by atoms with Crippen LogP contribution in [0.1, 0.15) is 31.1 Å². The van der Waals surface area contributed by atoms with Crippen molar-refractivity contribution in [1.82, 2.24) is 9.97 Å². The lowest BCUT2D eigenvalue weighted by Crippen LogP contribution is -2.27. The van der Waals surface area contributed by atoms with Crippen molar-refractivity contribution in [3.05, 3.63) is 51.4 Å². The molecule has 2 aromatic heterocycles. The molecule has 2 heterocycles. The molecule has 7 nitrogen and oxygen atoms in total. The third-order valence-electron chi connectivity index (χ3n) is 2.38. The molecule has 0 aromatic carbocycles. The van der Waals surface area contributed by atoms with Gasteiger partial charge in [-0.2, -0.15) is 0 Å². The summed E-state index contributed by atoms with van der Waals surface area (Å²) in [4.78, 5) is 29.5. The Morgan fingerprint density at radius 3 is 2.08 bits per heavy atom. The number of nitrogens with zero attached hydrogens (tertiary/aromatic N) is 2. The molecular weight excluding hydrogens is 458 g/mol. The Balaban J connectivity index is 0.000000271. The second kappa shape index (κ2) is 9.47. The Labute approximate surface area is 162 Å². The fourth-order valence-electron chi connectivity index (χ4n) is 1.44. The molecule has 0 spiro atoms. The average molecular weight is 475 g/mol. The topological polar surface area (TPSA) is 101 Å². The number of ether oxygens (including phenoxy) is 1. The highest BCUT2D eigenvalue weighted by Gasteiger charge is 2.16. The summed E-state index contributed by atoms with van der Waals surface area (Å²) in [5.41, 5.74) is 0.271. The van der Waals surface area contributed by atoms with Crippen LogP contribution in [-0.2, 0) is 4.74 Å². The second-order valence-electron chi connectivity index (χ2n) is 5.62. The summed E-state index contributed by atoms with van der Waals surface area (Å²) in [6, 6.07) is 6.53. The maximum absolute atomic E-state index is 11.4. The summed E-state index contributed by atoms with van der Waals surface area (Å²) in [6.07, 6.45) is 2.66. The van der Waals surface area contributed by atoms with Gasteiger partial charge in [-0.1, -0.05) is 0 Å². The molecule has 0 saturated carbocycles. The fourth-order valence-corrected chi connectivity index (χ4v) is 2.21. The first-order valence-electron chi connectivity index (χ1n) is 7.04. The highest BCUT2D eigenvalue weighted by Crippen LogP contribution is 2.19. The number of halogens is 2. The van der Waals surface area contributed by atoms with Gasteiger partial charge in [0.05, 0.1) is 11.3 Å². The van der Waals surface area contributed by atoms with Crippen LogP contribution in [0.5, 0.6) is 0 Å². The van der Waals surface area contributed by atoms with Crippen LogP contribution in [0.25, 0.3) is 0 Å². The van der Waals surface area contributed by atoms with E-state index in [0.717, 1.165) is 0 Å². The number of hydrogen-bond acceptors (Lipinski definition) is 5. The second-order valence-corrected chi connectivity index (χ2v) is 7.12. The first-order valence-corrected chi connectivity index (χ1v) is 8.63. The number of rotatable bonds is 2. The van der Waals surface area contributed by atoms with E-state index in [1.165, 1.54) is 12.3 Å². The van der Waals surface area contributed by atoms with Gasteiger partial charge in [0.2, 0.25) is 0 Å². The van der Waals surface area contributed by atoms with Crippen LogP contribution in [0.2, 0.25) is 0 Å². The van der Waals surface area contributed by atoms with E-state index in [0.29, 0.717) is 14.9 Å². The molecule has 134 valence electrons. The number of carboxylic acid groups (broad SMARTS) is 1. The smallest absolute Gasteiger partial charge is 0.412 e. The van der Waals surface area contributed by atoms with Crippen molar-refractivity contribution >= 4 is 49.6 Å². The van der Waals surface area contributed by atoms with Gasteiger partial charge in [0.25, 0.3) is 0 Å². The molecule has 2 N–H and O–H groups in total. The lowest BCUT2D eigenvalue weighted by molar-refractivity contribution is 0.0633. The highest BCUT2D eigenvalue weighted by molar-refractivity contribution is 9.10. The molecule has 1 amide bonds. The van der Waals surface area contributed by atoms with E-state index in [4.69, 9.17) is 9.84 Å². The highest BCUT2D eigenvalue weighted by atomic mass is 79.9. The number of anilines is 1. The van der Waals surface area contributed by atoms with E-state index in [1.54, 1.807) is 24.4 Å². The molecule has 0 aliphatic carbocycles. The first kappa shape index (κ1) is 21.0. The van der Waals surface area contributed by atoms with Crippen LogP contribution in [0, 0.1) is 0 Å². The number of amides is 1. The predicted octanol–water partition coefficient (Wildman–Crippen LogP) is 4.73. The Bertz CT molecular complexity index is 748. The molecule has 0 aliphatic heterocycles. The Kier molecular flexibility index (Phi) is 7.98. The predicted molar refractivity (Wildman–Crippen MR) is 101 cm³/mol. The molecule has 0 fully saturated rings. The minimum absolute atomic E-state index is 0.183. The summed E-state index contributed by atoms with van der Waals surface area (Å²) in [7, 11) is 0. The van der Waals surface area contributed by atoms with Crippen molar-refractivity contribution in [2.24, 2.45) is 0 Å². The summed E-state index contributed by atoms with van der Waals surface area (Å²) < 4.78 is 6.04. The maximum atomic E-state index is 11.4. The van der Waals surface area contributed by atoms with Crippen LogP contribution < -0.4 is 5.32 Å². The zero-order valence-corrected chi connectivity index (χ0v) is 17.0. The van der Waals surface area contributed by atoms with Gasteiger partial charge in [-0.15, -0.1) is 0 Å². The molecule has 0 radical (unpaired) electrons. The van der Waals surface area contributed by atoms with Crippen LogP contribution in [-0.4, -0.2) is 32.7 Å². The standard InChI is InChI=1S/C10H13BrN2O2.C6H4BrNO2/c1-10(2,3)15-9(14)13-7-5-4-6-12-8(7)11;7-5-4(6(9)10)2-1-3-8-5/h4-6H,1-3H3,(H,13,14);1-3H,(H,9,10). The number of aromatic carboxylic acids is 1. The molecule has 0 bridgehead atoms. The molecule has 9 heteroatoms. The maximum Gasteiger partial charge on any atom is 0.412 e. The summed E-state index contributed by atoms with van der Waals surface area (Å²) >= 11 is 6.23. The summed E-state index contributed by atoms with van der Waals surface area (Å²) in [5, 5.41) is 11.1. The number of carbonyl (C=O) groups excluding carboxylic acids is 1. The fraction of sp³-hybridized carbons (Fsp3) is 0.250. The third-order valence-corrected chi connectivity index (χ3v) is 3.65. The van der Waals surface area contributed by atoms with Gasteiger partial charge >= 0.3 is 12.1 Å². The van der Waals surface area contributed by atoms with E-state index < -0.39 is 17.7 Å². The zero-order valence-electron chi connectivity index (χ0n) is 13.8. The third kappa shape index (κ3) is 8.08. The van der Waals surface area contributed by atoms with Gasteiger partial charge in [0, 0.05) is 12.4 Å². The number of pyridine rings is 2. The monoisotopic (exact) mass is 473 g/mol. The normalized spacial score (nSPS) is 10.3. The molecule has 0 saturated heterocycles. The van der Waals surface area contributed by atoms with Crippen molar-refractivity contribution in [2.45, 2.75) is 26.4 Å². The van der Waals surface area contributed by atoms with E-state index >= 15 is 0 Å². The van der Waals surface area contributed by atoms with E-state index in [9.17, 15) is 9.59 Å². The van der Waals surface area contributed by atoms with Crippen LogP contribution in [0.4, 0.5) is 10.5 Å². The van der Waals surface area contributed by atoms with Gasteiger partial charge in [0.1, 0.15) is 14.8 Å². The van der Waals surface area contributed by atoms with Crippen LogP contribution in [0.3, 0.4) is 0 Å². The summed E-state index contributed by atoms with van der Waals surface area (Å²) in [5.74, 6) is -0.972. The number of carbonyl (C=O) groups is 2. The average Bonchev–Trinajstić information content (AvgIpc) is 2.48. The SMILES string of the molecule is CC(C)(C)OC(=O)Nc1cccnc1Br.O=C(O)c1cccnc1Br. The van der Waals surface area contributed by atoms with Crippen LogP contribution in [0.15, 0.2) is 45.9 Å². The lowest BCUT2D eigenvalue weighted by Gasteiger charge is -2.19. The minimum atomic E-state index is -0.972. The Morgan fingerprint density at radius 2 is 1.64 bits per heavy atom. The van der Waals surface area contributed by atoms with Gasteiger partial charge in [-0.05, 0) is 76.9 Å².